The van der Waals surface area contributed by atoms with Gasteiger partial charge in [0, 0.05) is 12.3 Å². The lowest BCUT2D eigenvalue weighted by Gasteiger charge is -2.09. The van der Waals surface area contributed by atoms with Crippen LogP contribution in [0.4, 0.5) is 0 Å². The molecule has 4 heteroatoms. The molecule has 4 nitrogen and oxygen atoms in total. The number of carboxylic acid groups (broad SMARTS) is 1. The molecule has 1 heterocycles. The fourth-order valence-corrected chi connectivity index (χ4v) is 1.82. The van der Waals surface area contributed by atoms with E-state index in [4.69, 9.17) is 9.84 Å². The third kappa shape index (κ3) is 4.45. The second-order valence-corrected chi connectivity index (χ2v) is 4.95. The average Bonchev–Trinajstić information content (AvgIpc) is 2.46. The summed E-state index contributed by atoms with van der Waals surface area (Å²) in [5.41, 5.74) is 1.87. The fraction of sp³-hybridized carbons (Fsp3) is 0.176. The molecule has 0 aliphatic carbocycles. The van der Waals surface area contributed by atoms with Crippen molar-refractivity contribution in [2.75, 3.05) is 0 Å². The Kier molecular flexibility index (Phi) is 4.72. The highest BCUT2D eigenvalue weighted by Crippen LogP contribution is 2.25. The van der Waals surface area contributed by atoms with Crippen molar-refractivity contribution in [1.29, 1.82) is 0 Å². The predicted octanol–water partition coefficient (Wildman–Crippen LogP) is 4.10. The number of ether oxygens (including phenoxy) is 1. The van der Waals surface area contributed by atoms with Crippen LogP contribution >= 0.6 is 0 Å². The van der Waals surface area contributed by atoms with Gasteiger partial charge in [0.15, 0.2) is 0 Å². The summed E-state index contributed by atoms with van der Waals surface area (Å²) >= 11 is 0. The molecule has 0 saturated carbocycles. The van der Waals surface area contributed by atoms with Gasteiger partial charge in [-0.25, -0.2) is 4.79 Å². The highest BCUT2D eigenvalue weighted by Gasteiger charge is 2.03. The van der Waals surface area contributed by atoms with E-state index >= 15 is 0 Å². The monoisotopic (exact) mass is 283 g/mol. The lowest BCUT2D eigenvalue weighted by Crippen LogP contribution is -1.91. The zero-order valence-electron chi connectivity index (χ0n) is 12.0. The van der Waals surface area contributed by atoms with Gasteiger partial charge in [0.1, 0.15) is 11.5 Å². The summed E-state index contributed by atoms with van der Waals surface area (Å²) in [5, 5.41) is 8.62. The molecule has 1 N–H and O–H groups in total. The molecule has 1 aromatic carbocycles. The first-order valence-electron chi connectivity index (χ1n) is 6.68. The Morgan fingerprint density at radius 3 is 2.76 bits per heavy atom. The van der Waals surface area contributed by atoms with Crippen LogP contribution in [-0.2, 0) is 4.79 Å². The first kappa shape index (κ1) is 14.8. The summed E-state index contributed by atoms with van der Waals surface area (Å²) in [5.74, 6) is 0.744. The molecule has 21 heavy (non-hydrogen) atoms. The molecule has 2 aromatic rings. The smallest absolute Gasteiger partial charge is 0.328 e. The first-order valence-corrected chi connectivity index (χ1v) is 6.68. The van der Waals surface area contributed by atoms with Gasteiger partial charge in [-0.1, -0.05) is 26.0 Å². The minimum Gasteiger partial charge on any atom is -0.478 e. The van der Waals surface area contributed by atoms with Crippen molar-refractivity contribution in [2.45, 2.75) is 19.8 Å². The molecule has 1 aromatic heterocycles. The van der Waals surface area contributed by atoms with E-state index in [9.17, 15) is 4.79 Å². The Balaban J connectivity index is 2.18. The molecule has 0 spiro atoms. The normalized spacial score (nSPS) is 11.0. The molecule has 0 unspecified atom stereocenters. The van der Waals surface area contributed by atoms with Crippen molar-refractivity contribution < 1.29 is 14.6 Å². The number of nitrogens with zero attached hydrogens (tertiary/aromatic N) is 1. The van der Waals surface area contributed by atoms with E-state index in [-0.39, 0.29) is 0 Å². The molecule has 0 fully saturated rings. The van der Waals surface area contributed by atoms with Crippen LogP contribution in [0.2, 0.25) is 0 Å². The summed E-state index contributed by atoms with van der Waals surface area (Å²) in [6, 6.07) is 9.62. The molecule has 2 rings (SSSR count). The van der Waals surface area contributed by atoms with Gasteiger partial charge in [-0.15, -0.1) is 0 Å². The molecule has 0 aliphatic heterocycles. The lowest BCUT2D eigenvalue weighted by molar-refractivity contribution is -0.131. The molecule has 0 saturated heterocycles. The minimum absolute atomic E-state index is 0.427. The predicted molar refractivity (Wildman–Crippen MR) is 81.5 cm³/mol. The standard InChI is InChI=1S/C17H17NO3/c1-12(2)14-4-3-5-15(9-14)21-16-8-13(10-18-11-16)6-7-17(19)20/h3-12H,1-2H3,(H,19,20)/b7-6+. The number of hydrogen-bond acceptors (Lipinski definition) is 3. The second kappa shape index (κ2) is 6.70. The minimum atomic E-state index is -0.994. The Hall–Kier alpha value is -2.62. The highest BCUT2D eigenvalue weighted by atomic mass is 16.5. The van der Waals surface area contributed by atoms with Crippen molar-refractivity contribution in [3.63, 3.8) is 0 Å². The fourth-order valence-electron chi connectivity index (χ4n) is 1.82. The number of aliphatic carboxylic acids is 1. The molecule has 108 valence electrons. The van der Waals surface area contributed by atoms with Gasteiger partial charge in [-0.05, 0) is 41.3 Å². The SMILES string of the molecule is CC(C)c1cccc(Oc2cncc(/C=C/C(=O)O)c2)c1. The topological polar surface area (TPSA) is 59.4 Å². The Labute approximate surface area is 123 Å². The van der Waals surface area contributed by atoms with Crippen molar-refractivity contribution in [2.24, 2.45) is 0 Å². The van der Waals surface area contributed by atoms with Gasteiger partial charge in [-0.3, -0.25) is 4.98 Å². The molecule has 0 amide bonds. The van der Waals surface area contributed by atoms with Crippen LogP contribution in [0.3, 0.4) is 0 Å². The van der Waals surface area contributed by atoms with Gasteiger partial charge in [0.25, 0.3) is 0 Å². The van der Waals surface area contributed by atoms with Crippen LogP contribution in [0, 0.1) is 0 Å². The number of rotatable bonds is 5. The lowest BCUT2D eigenvalue weighted by atomic mass is 10.0. The van der Waals surface area contributed by atoms with Crippen LogP contribution < -0.4 is 4.74 Å². The third-order valence-electron chi connectivity index (χ3n) is 2.91. The van der Waals surface area contributed by atoms with Crippen molar-refractivity contribution >= 4 is 12.0 Å². The van der Waals surface area contributed by atoms with E-state index in [0.29, 0.717) is 17.2 Å². The number of carboxylic acids is 1. The van der Waals surface area contributed by atoms with E-state index in [0.717, 1.165) is 11.8 Å². The maximum atomic E-state index is 10.5. The van der Waals surface area contributed by atoms with Crippen LogP contribution in [0.1, 0.15) is 30.9 Å². The van der Waals surface area contributed by atoms with Gasteiger partial charge in [0.2, 0.25) is 0 Å². The summed E-state index contributed by atoms with van der Waals surface area (Å²) in [4.78, 5) is 14.6. The average molecular weight is 283 g/mol. The van der Waals surface area contributed by atoms with Crippen LogP contribution in [0.15, 0.2) is 48.8 Å². The van der Waals surface area contributed by atoms with E-state index in [1.165, 1.54) is 11.6 Å². The molecular formula is C17H17NO3. The van der Waals surface area contributed by atoms with Crippen LogP contribution in [-0.4, -0.2) is 16.1 Å². The second-order valence-electron chi connectivity index (χ2n) is 4.95. The van der Waals surface area contributed by atoms with E-state index in [2.05, 4.69) is 24.9 Å². The van der Waals surface area contributed by atoms with E-state index in [1.807, 2.05) is 18.2 Å². The number of carbonyl (C=O) groups is 1. The summed E-state index contributed by atoms with van der Waals surface area (Å²) < 4.78 is 5.77. The van der Waals surface area contributed by atoms with Gasteiger partial charge >= 0.3 is 5.97 Å². The van der Waals surface area contributed by atoms with Crippen LogP contribution in [0.5, 0.6) is 11.5 Å². The summed E-state index contributed by atoms with van der Waals surface area (Å²) in [6.45, 7) is 4.25. The first-order chi connectivity index (χ1) is 10.0. The zero-order valence-corrected chi connectivity index (χ0v) is 12.0. The molecular weight excluding hydrogens is 266 g/mol. The van der Waals surface area contributed by atoms with Crippen molar-refractivity contribution in [3.05, 3.63) is 59.9 Å². The van der Waals surface area contributed by atoms with E-state index < -0.39 is 5.97 Å². The number of hydrogen-bond donors (Lipinski definition) is 1. The molecule has 0 atom stereocenters. The summed E-state index contributed by atoms with van der Waals surface area (Å²) in [7, 11) is 0. The van der Waals surface area contributed by atoms with Gasteiger partial charge in [-0.2, -0.15) is 0 Å². The largest absolute Gasteiger partial charge is 0.478 e. The highest BCUT2D eigenvalue weighted by molar-refractivity contribution is 5.85. The maximum Gasteiger partial charge on any atom is 0.328 e. The molecule has 0 aliphatic rings. The van der Waals surface area contributed by atoms with Crippen LogP contribution in [0.25, 0.3) is 6.08 Å². The Bertz CT molecular complexity index is 663. The molecule has 0 bridgehead atoms. The quantitative estimate of drug-likeness (QED) is 0.839. The zero-order chi connectivity index (χ0) is 15.2. The Morgan fingerprint density at radius 1 is 1.24 bits per heavy atom. The number of aromatic nitrogens is 1. The van der Waals surface area contributed by atoms with E-state index in [1.54, 1.807) is 18.5 Å². The number of benzene rings is 1. The summed E-state index contributed by atoms with van der Waals surface area (Å²) in [6.07, 6.45) is 5.73. The number of pyridine rings is 1. The van der Waals surface area contributed by atoms with Crippen molar-refractivity contribution in [1.82, 2.24) is 4.98 Å². The maximum absolute atomic E-state index is 10.5. The Morgan fingerprint density at radius 2 is 2.05 bits per heavy atom. The third-order valence-corrected chi connectivity index (χ3v) is 2.91. The molecule has 0 radical (unpaired) electrons. The van der Waals surface area contributed by atoms with Crippen molar-refractivity contribution in [3.8, 4) is 11.5 Å². The van der Waals surface area contributed by atoms with Gasteiger partial charge in [0.05, 0.1) is 6.20 Å². The van der Waals surface area contributed by atoms with Gasteiger partial charge < -0.3 is 9.84 Å².